The van der Waals surface area contributed by atoms with E-state index >= 15 is 0 Å². The number of rotatable bonds is 7. The van der Waals surface area contributed by atoms with E-state index in [4.69, 9.17) is 9.47 Å². The van der Waals surface area contributed by atoms with Gasteiger partial charge in [0.25, 0.3) is 0 Å². The van der Waals surface area contributed by atoms with Crippen molar-refractivity contribution in [1.82, 2.24) is 0 Å². The van der Waals surface area contributed by atoms with E-state index in [-0.39, 0.29) is 0 Å². The van der Waals surface area contributed by atoms with Gasteiger partial charge in [0.05, 0.1) is 6.61 Å². The van der Waals surface area contributed by atoms with E-state index in [1.165, 1.54) is 0 Å². The third-order valence-corrected chi connectivity index (χ3v) is 0.957. The predicted octanol–water partition coefficient (Wildman–Crippen LogP) is 1.43. The average molecular weight is 143 g/mol. The summed E-state index contributed by atoms with van der Waals surface area (Å²) in [6.07, 6.45) is 2.67. The molecule has 0 amide bonds. The Bertz CT molecular complexity index is 71.7. The summed E-state index contributed by atoms with van der Waals surface area (Å²) in [6.45, 7) is 9.72. The molecule has 0 aliphatic rings. The van der Waals surface area contributed by atoms with Crippen LogP contribution in [-0.2, 0) is 9.47 Å². The van der Waals surface area contributed by atoms with E-state index in [0.29, 0.717) is 13.2 Å². The molecule has 0 aromatic heterocycles. The largest absolute Gasteiger partial charge is 0.381 e. The maximum absolute atomic E-state index is 5.11. The SMILES string of the molecule is [CH2]COCCCOCC=C. The van der Waals surface area contributed by atoms with Crippen LogP contribution in [0.5, 0.6) is 0 Å². The van der Waals surface area contributed by atoms with Crippen LogP contribution < -0.4 is 0 Å². The number of ether oxygens (including phenoxy) is 2. The van der Waals surface area contributed by atoms with Gasteiger partial charge in [-0.15, -0.1) is 6.58 Å². The minimum Gasteiger partial charge on any atom is -0.381 e. The lowest BCUT2D eigenvalue weighted by Crippen LogP contribution is -2.00. The Morgan fingerprint density at radius 1 is 1.20 bits per heavy atom. The van der Waals surface area contributed by atoms with Gasteiger partial charge in [-0.3, -0.25) is 0 Å². The molecule has 59 valence electrons. The van der Waals surface area contributed by atoms with Gasteiger partial charge in [-0.05, 0) is 13.3 Å². The van der Waals surface area contributed by atoms with Gasteiger partial charge in [0.15, 0.2) is 0 Å². The molecule has 0 heterocycles. The van der Waals surface area contributed by atoms with E-state index in [2.05, 4.69) is 13.5 Å². The fourth-order valence-electron chi connectivity index (χ4n) is 0.532. The molecule has 0 saturated heterocycles. The predicted molar refractivity (Wildman–Crippen MR) is 41.8 cm³/mol. The van der Waals surface area contributed by atoms with E-state index in [1.54, 1.807) is 6.08 Å². The van der Waals surface area contributed by atoms with Gasteiger partial charge in [-0.1, -0.05) is 6.08 Å². The van der Waals surface area contributed by atoms with Crippen LogP contribution in [0.1, 0.15) is 6.42 Å². The maximum Gasteiger partial charge on any atom is 0.0644 e. The molecule has 0 aliphatic carbocycles. The van der Waals surface area contributed by atoms with Crippen LogP contribution in [0.15, 0.2) is 12.7 Å². The quantitative estimate of drug-likeness (QED) is 0.396. The zero-order valence-electron chi connectivity index (χ0n) is 6.34. The van der Waals surface area contributed by atoms with E-state index in [1.807, 2.05) is 0 Å². The molecular formula is C8H15O2. The van der Waals surface area contributed by atoms with E-state index in [9.17, 15) is 0 Å². The van der Waals surface area contributed by atoms with Gasteiger partial charge in [-0.2, -0.15) is 0 Å². The molecular weight excluding hydrogens is 128 g/mol. The highest BCUT2D eigenvalue weighted by molar-refractivity contribution is 4.63. The van der Waals surface area contributed by atoms with Gasteiger partial charge in [-0.25, -0.2) is 0 Å². The van der Waals surface area contributed by atoms with Crippen molar-refractivity contribution in [2.75, 3.05) is 26.4 Å². The topological polar surface area (TPSA) is 18.5 Å². The van der Waals surface area contributed by atoms with Crippen LogP contribution in [0, 0.1) is 6.92 Å². The molecule has 0 aromatic rings. The molecule has 0 aromatic carbocycles. The lowest BCUT2D eigenvalue weighted by Gasteiger charge is -2.00. The highest BCUT2D eigenvalue weighted by atomic mass is 16.5. The minimum atomic E-state index is 0.543. The average Bonchev–Trinajstić information content (AvgIpc) is 1.97. The van der Waals surface area contributed by atoms with Crippen molar-refractivity contribution in [2.24, 2.45) is 0 Å². The van der Waals surface area contributed by atoms with Crippen LogP contribution >= 0.6 is 0 Å². The maximum atomic E-state index is 5.11. The molecule has 2 nitrogen and oxygen atoms in total. The lowest BCUT2D eigenvalue weighted by atomic mass is 10.5. The van der Waals surface area contributed by atoms with Crippen molar-refractivity contribution in [2.45, 2.75) is 6.42 Å². The van der Waals surface area contributed by atoms with Gasteiger partial charge in [0.1, 0.15) is 0 Å². The zero-order valence-corrected chi connectivity index (χ0v) is 6.34. The Labute approximate surface area is 62.8 Å². The molecule has 0 N–H and O–H groups in total. The first-order chi connectivity index (χ1) is 4.91. The third kappa shape index (κ3) is 7.66. The standard InChI is InChI=1S/C8H15O2/c1-3-6-10-8-5-7-9-4-2/h3H,1-2,4-8H2. The summed E-state index contributed by atoms with van der Waals surface area (Å²) in [6, 6.07) is 0. The van der Waals surface area contributed by atoms with Crippen molar-refractivity contribution in [3.05, 3.63) is 19.6 Å². The lowest BCUT2D eigenvalue weighted by molar-refractivity contribution is 0.106. The second-order valence-electron chi connectivity index (χ2n) is 1.83. The molecule has 0 fully saturated rings. The van der Waals surface area contributed by atoms with Crippen molar-refractivity contribution < 1.29 is 9.47 Å². The summed E-state index contributed by atoms with van der Waals surface area (Å²) in [5, 5.41) is 0. The van der Waals surface area contributed by atoms with E-state index in [0.717, 1.165) is 19.6 Å². The molecule has 0 unspecified atom stereocenters. The number of hydrogen-bond donors (Lipinski definition) is 0. The van der Waals surface area contributed by atoms with Crippen LogP contribution in [0.3, 0.4) is 0 Å². The first kappa shape index (κ1) is 9.66. The smallest absolute Gasteiger partial charge is 0.0644 e. The monoisotopic (exact) mass is 143 g/mol. The molecule has 0 rings (SSSR count). The molecule has 1 radical (unpaired) electrons. The van der Waals surface area contributed by atoms with Crippen molar-refractivity contribution in [3.8, 4) is 0 Å². The van der Waals surface area contributed by atoms with Gasteiger partial charge >= 0.3 is 0 Å². The molecule has 0 bridgehead atoms. The Kier molecular flexibility index (Phi) is 8.37. The molecule has 10 heavy (non-hydrogen) atoms. The Morgan fingerprint density at radius 2 is 1.90 bits per heavy atom. The van der Waals surface area contributed by atoms with Gasteiger partial charge < -0.3 is 9.47 Å². The van der Waals surface area contributed by atoms with Crippen molar-refractivity contribution in [1.29, 1.82) is 0 Å². The summed E-state index contributed by atoms with van der Waals surface area (Å²) in [7, 11) is 0. The molecule has 2 heteroatoms. The van der Waals surface area contributed by atoms with Crippen LogP contribution in [0.2, 0.25) is 0 Å². The second kappa shape index (κ2) is 8.66. The highest BCUT2D eigenvalue weighted by Gasteiger charge is 1.85. The first-order valence-electron chi connectivity index (χ1n) is 3.47. The second-order valence-corrected chi connectivity index (χ2v) is 1.83. The van der Waals surface area contributed by atoms with Gasteiger partial charge in [0, 0.05) is 19.8 Å². The summed E-state index contributed by atoms with van der Waals surface area (Å²) >= 11 is 0. The fourth-order valence-corrected chi connectivity index (χ4v) is 0.532. The number of hydrogen-bond acceptors (Lipinski definition) is 2. The van der Waals surface area contributed by atoms with Gasteiger partial charge in [0.2, 0.25) is 0 Å². The Morgan fingerprint density at radius 3 is 2.50 bits per heavy atom. The zero-order chi connectivity index (χ0) is 7.66. The summed E-state index contributed by atoms with van der Waals surface area (Å²) < 4.78 is 10.1. The van der Waals surface area contributed by atoms with E-state index < -0.39 is 0 Å². The Balaban J connectivity index is 2.70. The minimum absolute atomic E-state index is 0.543. The van der Waals surface area contributed by atoms with Crippen LogP contribution in [-0.4, -0.2) is 26.4 Å². The van der Waals surface area contributed by atoms with Crippen molar-refractivity contribution >= 4 is 0 Å². The fraction of sp³-hybridized carbons (Fsp3) is 0.625. The molecule has 0 spiro atoms. The molecule has 0 saturated carbocycles. The summed E-state index contributed by atoms with van der Waals surface area (Å²) in [5.41, 5.74) is 0. The summed E-state index contributed by atoms with van der Waals surface area (Å²) in [4.78, 5) is 0. The highest BCUT2D eigenvalue weighted by Crippen LogP contribution is 1.84. The van der Waals surface area contributed by atoms with Crippen LogP contribution in [0.25, 0.3) is 0 Å². The molecule has 0 atom stereocenters. The van der Waals surface area contributed by atoms with Crippen molar-refractivity contribution in [3.63, 3.8) is 0 Å². The third-order valence-electron chi connectivity index (χ3n) is 0.957. The first-order valence-corrected chi connectivity index (χ1v) is 3.47. The molecule has 0 aliphatic heterocycles. The van der Waals surface area contributed by atoms with Crippen LogP contribution in [0.4, 0.5) is 0 Å². The Hall–Kier alpha value is -0.340. The normalized spacial score (nSPS) is 9.70. The summed E-state index contributed by atoms with van der Waals surface area (Å²) in [5.74, 6) is 0.